The first-order valence-electron chi connectivity index (χ1n) is 7.56. The van der Waals surface area contributed by atoms with E-state index in [2.05, 4.69) is 5.32 Å². The average molecular weight is 351 g/mol. The van der Waals surface area contributed by atoms with Crippen LogP contribution in [0.15, 0.2) is 23.6 Å². The number of halogens is 2. The van der Waals surface area contributed by atoms with E-state index in [9.17, 15) is 18.4 Å². The molecule has 1 amide bonds. The van der Waals surface area contributed by atoms with Gasteiger partial charge in [-0.25, -0.2) is 13.6 Å². The SMILES string of the molecule is O=C(COC(=O)c1csc2c1CCCC2)Nc1cc(F)ccc1F. The Balaban J connectivity index is 1.59. The Hall–Kier alpha value is -2.28. The number of carbonyl (C=O) groups excluding carboxylic acids is 2. The smallest absolute Gasteiger partial charge is 0.339 e. The number of hydrogen-bond acceptors (Lipinski definition) is 4. The van der Waals surface area contributed by atoms with Crippen molar-refractivity contribution in [2.75, 3.05) is 11.9 Å². The van der Waals surface area contributed by atoms with Crippen molar-refractivity contribution in [2.45, 2.75) is 25.7 Å². The summed E-state index contributed by atoms with van der Waals surface area (Å²) in [6, 6.07) is 2.73. The Morgan fingerprint density at radius 3 is 2.83 bits per heavy atom. The summed E-state index contributed by atoms with van der Waals surface area (Å²) in [6.45, 7) is -0.556. The molecule has 0 saturated heterocycles. The van der Waals surface area contributed by atoms with E-state index >= 15 is 0 Å². The number of thiophene rings is 1. The van der Waals surface area contributed by atoms with Gasteiger partial charge in [0.2, 0.25) is 0 Å². The molecular weight excluding hydrogens is 336 g/mol. The Labute approximate surface area is 141 Å². The molecule has 0 atom stereocenters. The zero-order chi connectivity index (χ0) is 17.1. The zero-order valence-electron chi connectivity index (χ0n) is 12.7. The first kappa shape index (κ1) is 16.6. The van der Waals surface area contributed by atoms with E-state index in [0.29, 0.717) is 5.56 Å². The van der Waals surface area contributed by atoms with Gasteiger partial charge in [-0.2, -0.15) is 0 Å². The number of rotatable bonds is 4. The fourth-order valence-corrected chi connectivity index (χ4v) is 3.77. The van der Waals surface area contributed by atoms with Crippen molar-refractivity contribution in [3.05, 3.63) is 51.2 Å². The molecule has 1 heterocycles. The number of nitrogens with one attached hydrogen (secondary N) is 1. The summed E-state index contributed by atoms with van der Waals surface area (Å²) in [6.07, 6.45) is 3.95. The Morgan fingerprint density at radius 2 is 2.00 bits per heavy atom. The molecule has 1 N–H and O–H groups in total. The Morgan fingerprint density at radius 1 is 1.21 bits per heavy atom. The molecule has 0 radical (unpaired) electrons. The third kappa shape index (κ3) is 3.62. The van der Waals surface area contributed by atoms with Crippen LogP contribution in [0.2, 0.25) is 0 Å². The molecule has 0 saturated carbocycles. The average Bonchev–Trinajstić information content (AvgIpc) is 3.00. The number of amides is 1. The van der Waals surface area contributed by atoms with Crippen LogP contribution in [0.3, 0.4) is 0 Å². The van der Waals surface area contributed by atoms with Gasteiger partial charge in [0.05, 0.1) is 11.3 Å². The van der Waals surface area contributed by atoms with Crippen LogP contribution in [0.25, 0.3) is 0 Å². The molecule has 2 aromatic rings. The van der Waals surface area contributed by atoms with Gasteiger partial charge in [0.15, 0.2) is 6.61 Å². The monoisotopic (exact) mass is 351 g/mol. The molecule has 0 fully saturated rings. The van der Waals surface area contributed by atoms with Crippen LogP contribution in [0, 0.1) is 11.6 Å². The van der Waals surface area contributed by atoms with E-state index in [-0.39, 0.29) is 5.69 Å². The van der Waals surface area contributed by atoms with Crippen LogP contribution >= 0.6 is 11.3 Å². The van der Waals surface area contributed by atoms with E-state index in [4.69, 9.17) is 4.74 Å². The molecule has 3 rings (SSSR count). The number of fused-ring (bicyclic) bond motifs is 1. The van der Waals surface area contributed by atoms with Gasteiger partial charge in [-0.3, -0.25) is 4.79 Å². The molecule has 7 heteroatoms. The van der Waals surface area contributed by atoms with Gasteiger partial charge < -0.3 is 10.1 Å². The van der Waals surface area contributed by atoms with Crippen LogP contribution in [-0.2, 0) is 22.4 Å². The third-order valence-corrected chi connectivity index (χ3v) is 4.91. The van der Waals surface area contributed by atoms with E-state index in [1.54, 1.807) is 5.38 Å². The lowest BCUT2D eigenvalue weighted by Gasteiger charge is -2.12. The second-order valence-corrected chi connectivity index (χ2v) is 6.47. The molecule has 24 heavy (non-hydrogen) atoms. The number of hydrogen-bond donors (Lipinski definition) is 1. The van der Waals surface area contributed by atoms with Crippen LogP contribution in [-0.4, -0.2) is 18.5 Å². The minimum Gasteiger partial charge on any atom is -0.452 e. The Bertz CT molecular complexity index is 788. The van der Waals surface area contributed by atoms with E-state index < -0.39 is 30.1 Å². The summed E-state index contributed by atoms with van der Waals surface area (Å²) in [7, 11) is 0. The van der Waals surface area contributed by atoms with Gasteiger partial charge in [-0.1, -0.05) is 0 Å². The van der Waals surface area contributed by atoms with Crippen LogP contribution in [0.5, 0.6) is 0 Å². The summed E-state index contributed by atoms with van der Waals surface area (Å²) < 4.78 is 31.5. The van der Waals surface area contributed by atoms with Gasteiger partial charge in [-0.05, 0) is 43.4 Å². The zero-order valence-corrected chi connectivity index (χ0v) is 13.6. The molecule has 1 aromatic carbocycles. The lowest BCUT2D eigenvalue weighted by molar-refractivity contribution is -0.119. The normalized spacial score (nSPS) is 13.2. The Kier molecular flexibility index (Phi) is 4.89. The van der Waals surface area contributed by atoms with E-state index in [0.717, 1.165) is 49.4 Å². The fourth-order valence-electron chi connectivity index (χ4n) is 2.65. The standard InChI is InChI=1S/C17H15F2NO3S/c18-10-5-6-13(19)14(7-10)20-16(21)8-23-17(22)12-9-24-15-4-2-1-3-11(12)15/h5-7,9H,1-4,8H2,(H,20,21). The van der Waals surface area contributed by atoms with Crippen LogP contribution < -0.4 is 5.32 Å². The number of esters is 1. The fraction of sp³-hybridized carbons (Fsp3) is 0.294. The molecule has 0 bridgehead atoms. The highest BCUT2D eigenvalue weighted by Crippen LogP contribution is 2.30. The maximum Gasteiger partial charge on any atom is 0.339 e. The first-order chi connectivity index (χ1) is 11.5. The molecule has 1 aliphatic carbocycles. The molecule has 0 unspecified atom stereocenters. The van der Waals surface area contributed by atoms with Crippen molar-refractivity contribution in [2.24, 2.45) is 0 Å². The largest absolute Gasteiger partial charge is 0.452 e. The summed E-state index contributed by atoms with van der Waals surface area (Å²) in [4.78, 5) is 25.1. The number of aryl methyl sites for hydroxylation is 1. The lowest BCUT2D eigenvalue weighted by Crippen LogP contribution is -2.22. The summed E-state index contributed by atoms with van der Waals surface area (Å²) in [5, 5.41) is 3.94. The predicted molar refractivity (Wildman–Crippen MR) is 86.2 cm³/mol. The summed E-state index contributed by atoms with van der Waals surface area (Å²) >= 11 is 1.53. The molecular formula is C17H15F2NO3S. The van der Waals surface area contributed by atoms with Crippen LogP contribution in [0.4, 0.5) is 14.5 Å². The summed E-state index contributed by atoms with van der Waals surface area (Å²) in [5.41, 5.74) is 1.22. The number of carbonyl (C=O) groups is 2. The quantitative estimate of drug-likeness (QED) is 0.855. The molecule has 126 valence electrons. The van der Waals surface area contributed by atoms with Gasteiger partial charge >= 0.3 is 5.97 Å². The number of anilines is 1. The highest BCUT2D eigenvalue weighted by Gasteiger charge is 2.21. The molecule has 1 aromatic heterocycles. The number of ether oxygens (including phenoxy) is 1. The molecule has 0 spiro atoms. The summed E-state index contributed by atoms with van der Waals surface area (Å²) in [5.74, 6) is -2.72. The van der Waals surface area contributed by atoms with Gasteiger partial charge in [0.1, 0.15) is 11.6 Å². The van der Waals surface area contributed by atoms with E-state index in [1.165, 1.54) is 16.2 Å². The van der Waals surface area contributed by atoms with Gasteiger partial charge in [-0.15, -0.1) is 11.3 Å². The van der Waals surface area contributed by atoms with Crippen molar-refractivity contribution in [3.8, 4) is 0 Å². The lowest BCUT2D eigenvalue weighted by atomic mass is 9.96. The van der Waals surface area contributed by atoms with Crippen molar-refractivity contribution < 1.29 is 23.1 Å². The first-order valence-corrected chi connectivity index (χ1v) is 8.44. The molecule has 0 aliphatic heterocycles. The highest BCUT2D eigenvalue weighted by molar-refractivity contribution is 7.10. The maximum atomic E-state index is 13.5. The minimum absolute atomic E-state index is 0.288. The van der Waals surface area contributed by atoms with Crippen molar-refractivity contribution in [1.82, 2.24) is 0 Å². The number of benzene rings is 1. The van der Waals surface area contributed by atoms with Crippen molar-refractivity contribution >= 4 is 28.9 Å². The maximum absolute atomic E-state index is 13.5. The van der Waals surface area contributed by atoms with Crippen molar-refractivity contribution in [3.63, 3.8) is 0 Å². The van der Waals surface area contributed by atoms with Gasteiger partial charge in [0.25, 0.3) is 5.91 Å². The molecule has 1 aliphatic rings. The topological polar surface area (TPSA) is 55.4 Å². The third-order valence-electron chi connectivity index (χ3n) is 3.82. The van der Waals surface area contributed by atoms with Gasteiger partial charge in [0, 0.05) is 16.3 Å². The second-order valence-electron chi connectivity index (χ2n) is 5.51. The van der Waals surface area contributed by atoms with Crippen LogP contribution in [0.1, 0.15) is 33.6 Å². The van der Waals surface area contributed by atoms with Crippen molar-refractivity contribution in [1.29, 1.82) is 0 Å². The second kappa shape index (κ2) is 7.09. The minimum atomic E-state index is -0.761. The highest BCUT2D eigenvalue weighted by atomic mass is 32.1. The predicted octanol–water partition coefficient (Wildman–Crippen LogP) is 3.70. The molecule has 4 nitrogen and oxygen atoms in total. The van der Waals surface area contributed by atoms with E-state index in [1.807, 2.05) is 0 Å².